The molecule has 0 aliphatic heterocycles. The molecule has 0 aromatic heterocycles. The number of esters is 3. The summed E-state index contributed by atoms with van der Waals surface area (Å²) in [5.74, 6) is -1.69. The Kier molecular flexibility index (Phi) is 5.29. The third kappa shape index (κ3) is 4.51. The Balaban J connectivity index is 2.76. The summed E-state index contributed by atoms with van der Waals surface area (Å²) < 4.78 is 15.2. The summed E-state index contributed by atoms with van der Waals surface area (Å²) in [7, 11) is 0. The van der Waals surface area contributed by atoms with Crippen molar-refractivity contribution in [3.05, 3.63) is 0 Å². The molecule has 19 heavy (non-hydrogen) atoms. The fourth-order valence-electron chi connectivity index (χ4n) is 2.22. The zero-order valence-corrected chi connectivity index (χ0v) is 11.3. The van der Waals surface area contributed by atoms with Crippen molar-refractivity contribution in [2.24, 2.45) is 11.7 Å². The maximum Gasteiger partial charge on any atom is 0.303 e. The zero-order chi connectivity index (χ0) is 14.6. The quantitative estimate of drug-likeness (QED) is 0.556. The molecule has 1 aliphatic carbocycles. The Hall–Kier alpha value is -1.63. The van der Waals surface area contributed by atoms with Gasteiger partial charge < -0.3 is 19.9 Å². The van der Waals surface area contributed by atoms with Crippen molar-refractivity contribution in [2.45, 2.75) is 45.4 Å². The molecule has 7 heteroatoms. The van der Waals surface area contributed by atoms with Gasteiger partial charge in [-0.05, 0) is 6.42 Å². The SMILES string of the molecule is CC(=O)OCC1CC(N)C(OC(C)=O)C1OC(C)=O. The molecule has 0 bridgehead atoms. The minimum atomic E-state index is -0.707. The molecule has 108 valence electrons. The predicted octanol–water partition coefficient (Wildman–Crippen LogP) is -0.240. The van der Waals surface area contributed by atoms with Gasteiger partial charge in [0.15, 0.2) is 6.10 Å². The van der Waals surface area contributed by atoms with Crippen LogP contribution in [-0.2, 0) is 28.6 Å². The van der Waals surface area contributed by atoms with E-state index in [-0.39, 0.29) is 12.5 Å². The molecule has 0 aromatic rings. The molecule has 0 saturated heterocycles. The molecule has 1 fully saturated rings. The van der Waals surface area contributed by atoms with Crippen LogP contribution in [-0.4, -0.2) is 42.8 Å². The van der Waals surface area contributed by atoms with Crippen LogP contribution in [0.1, 0.15) is 27.2 Å². The molecule has 0 heterocycles. The van der Waals surface area contributed by atoms with Gasteiger partial charge in [0.25, 0.3) is 0 Å². The summed E-state index contributed by atoms with van der Waals surface area (Å²) in [6.45, 7) is 3.90. The molecule has 0 amide bonds. The Morgan fingerprint density at radius 3 is 2.00 bits per heavy atom. The van der Waals surface area contributed by atoms with Crippen LogP contribution in [0.3, 0.4) is 0 Å². The van der Waals surface area contributed by atoms with Gasteiger partial charge in [-0.2, -0.15) is 0 Å². The van der Waals surface area contributed by atoms with E-state index in [0.717, 1.165) is 0 Å². The van der Waals surface area contributed by atoms with Crippen molar-refractivity contribution in [3.63, 3.8) is 0 Å². The Morgan fingerprint density at radius 2 is 1.53 bits per heavy atom. The van der Waals surface area contributed by atoms with E-state index in [4.69, 9.17) is 19.9 Å². The number of ether oxygens (including phenoxy) is 3. The lowest BCUT2D eigenvalue weighted by Gasteiger charge is -2.24. The molecule has 1 aliphatic rings. The van der Waals surface area contributed by atoms with Gasteiger partial charge in [0.2, 0.25) is 0 Å². The van der Waals surface area contributed by atoms with E-state index < -0.39 is 36.2 Å². The molecule has 2 N–H and O–H groups in total. The summed E-state index contributed by atoms with van der Waals surface area (Å²) in [6.07, 6.45) is -0.943. The lowest BCUT2D eigenvalue weighted by molar-refractivity contribution is -0.167. The van der Waals surface area contributed by atoms with Gasteiger partial charge in [0.1, 0.15) is 6.10 Å². The number of carbonyl (C=O) groups excluding carboxylic acids is 3. The van der Waals surface area contributed by atoms with E-state index >= 15 is 0 Å². The highest BCUT2D eigenvalue weighted by molar-refractivity contribution is 5.68. The van der Waals surface area contributed by atoms with Crippen molar-refractivity contribution in [1.29, 1.82) is 0 Å². The van der Waals surface area contributed by atoms with Gasteiger partial charge in [0.05, 0.1) is 6.61 Å². The number of carbonyl (C=O) groups is 3. The monoisotopic (exact) mass is 273 g/mol. The highest BCUT2D eigenvalue weighted by Crippen LogP contribution is 2.31. The van der Waals surface area contributed by atoms with E-state index in [1.54, 1.807) is 0 Å². The number of nitrogens with two attached hydrogens (primary N) is 1. The highest BCUT2D eigenvalue weighted by Gasteiger charge is 2.46. The first-order valence-corrected chi connectivity index (χ1v) is 6.04. The van der Waals surface area contributed by atoms with Crippen LogP contribution < -0.4 is 5.73 Å². The fraction of sp³-hybridized carbons (Fsp3) is 0.750. The first kappa shape index (κ1) is 15.4. The van der Waals surface area contributed by atoms with E-state index in [1.807, 2.05) is 0 Å². The largest absolute Gasteiger partial charge is 0.465 e. The molecular weight excluding hydrogens is 254 g/mol. The van der Waals surface area contributed by atoms with Crippen LogP contribution in [0.15, 0.2) is 0 Å². The van der Waals surface area contributed by atoms with E-state index in [9.17, 15) is 14.4 Å². The molecule has 4 unspecified atom stereocenters. The van der Waals surface area contributed by atoms with Gasteiger partial charge in [-0.1, -0.05) is 0 Å². The van der Waals surface area contributed by atoms with E-state index in [1.165, 1.54) is 20.8 Å². The minimum Gasteiger partial charge on any atom is -0.465 e. The van der Waals surface area contributed by atoms with E-state index in [2.05, 4.69) is 0 Å². The van der Waals surface area contributed by atoms with Crippen molar-refractivity contribution >= 4 is 17.9 Å². The summed E-state index contributed by atoms with van der Waals surface area (Å²) in [4.78, 5) is 33.0. The summed E-state index contributed by atoms with van der Waals surface area (Å²) in [5, 5.41) is 0. The van der Waals surface area contributed by atoms with E-state index in [0.29, 0.717) is 6.42 Å². The van der Waals surface area contributed by atoms with Gasteiger partial charge in [0, 0.05) is 32.7 Å². The number of rotatable bonds is 4. The first-order chi connectivity index (χ1) is 8.81. The third-order valence-corrected chi connectivity index (χ3v) is 2.89. The van der Waals surface area contributed by atoms with Gasteiger partial charge in [-0.3, -0.25) is 14.4 Å². The Bertz CT molecular complexity index is 369. The zero-order valence-electron chi connectivity index (χ0n) is 11.3. The summed E-state index contributed by atoms with van der Waals surface area (Å²) in [5.41, 5.74) is 5.88. The van der Waals surface area contributed by atoms with Crippen LogP contribution in [0.5, 0.6) is 0 Å². The average molecular weight is 273 g/mol. The van der Waals surface area contributed by atoms with Crippen LogP contribution in [0, 0.1) is 5.92 Å². The van der Waals surface area contributed by atoms with Crippen molar-refractivity contribution in [1.82, 2.24) is 0 Å². The second-order valence-electron chi connectivity index (χ2n) is 4.61. The lowest BCUT2D eigenvalue weighted by Crippen LogP contribution is -2.42. The minimum absolute atomic E-state index is 0.0821. The van der Waals surface area contributed by atoms with Crippen LogP contribution >= 0.6 is 0 Å². The molecule has 1 saturated carbocycles. The lowest BCUT2D eigenvalue weighted by atomic mass is 10.1. The second-order valence-corrected chi connectivity index (χ2v) is 4.61. The normalized spacial score (nSPS) is 29.7. The van der Waals surface area contributed by atoms with Gasteiger partial charge in [-0.25, -0.2) is 0 Å². The third-order valence-electron chi connectivity index (χ3n) is 2.89. The highest BCUT2D eigenvalue weighted by atomic mass is 16.6. The molecule has 0 spiro atoms. The summed E-state index contributed by atoms with van der Waals surface area (Å²) >= 11 is 0. The fourth-order valence-corrected chi connectivity index (χ4v) is 2.22. The predicted molar refractivity (Wildman–Crippen MR) is 63.8 cm³/mol. The van der Waals surface area contributed by atoms with Crippen molar-refractivity contribution in [2.75, 3.05) is 6.61 Å². The standard InChI is InChI=1S/C12H19NO6/c1-6(14)17-5-9-4-10(13)12(19-8(3)16)11(9)18-7(2)15/h9-12H,4-5,13H2,1-3H3. The number of hydrogen-bond acceptors (Lipinski definition) is 7. The van der Waals surface area contributed by atoms with Gasteiger partial charge in [-0.15, -0.1) is 0 Å². The van der Waals surface area contributed by atoms with Gasteiger partial charge >= 0.3 is 17.9 Å². The molecule has 1 rings (SSSR count). The van der Waals surface area contributed by atoms with Crippen LogP contribution in [0.25, 0.3) is 0 Å². The van der Waals surface area contributed by atoms with Crippen LogP contribution in [0.4, 0.5) is 0 Å². The Morgan fingerprint density at radius 1 is 1.00 bits per heavy atom. The first-order valence-electron chi connectivity index (χ1n) is 6.04. The molecule has 0 radical (unpaired) electrons. The summed E-state index contributed by atoms with van der Waals surface area (Å²) in [6, 6.07) is -0.450. The average Bonchev–Trinajstić information content (AvgIpc) is 2.53. The maximum atomic E-state index is 11.1. The number of hydrogen-bond donors (Lipinski definition) is 1. The van der Waals surface area contributed by atoms with Crippen molar-refractivity contribution in [3.8, 4) is 0 Å². The van der Waals surface area contributed by atoms with Crippen molar-refractivity contribution < 1.29 is 28.6 Å². The molecule has 7 nitrogen and oxygen atoms in total. The topological polar surface area (TPSA) is 105 Å². The second kappa shape index (κ2) is 6.51. The Labute approximate surface area is 111 Å². The smallest absolute Gasteiger partial charge is 0.303 e. The maximum absolute atomic E-state index is 11.1. The molecule has 0 aromatic carbocycles. The van der Waals surface area contributed by atoms with Crippen LogP contribution in [0.2, 0.25) is 0 Å². The molecule has 4 atom stereocenters. The molecular formula is C12H19NO6.